The molecule has 1 atom stereocenters. The van der Waals surface area contributed by atoms with Crippen molar-refractivity contribution < 1.29 is 14.5 Å². The average Bonchev–Trinajstić information content (AvgIpc) is 2.38. The molecule has 104 valence electrons. The third-order valence-corrected chi connectivity index (χ3v) is 3.03. The van der Waals surface area contributed by atoms with Crippen molar-refractivity contribution in [1.82, 2.24) is 0 Å². The van der Waals surface area contributed by atoms with Gasteiger partial charge in [-0.05, 0) is 19.3 Å². The SMILES string of the molecule is CCOC(=O)CC(CC)Cc1ccccc1[N+](=O)[O-]. The van der Waals surface area contributed by atoms with Crippen molar-refractivity contribution in [3.8, 4) is 0 Å². The van der Waals surface area contributed by atoms with Crippen molar-refractivity contribution in [3.63, 3.8) is 0 Å². The first-order valence-corrected chi connectivity index (χ1v) is 6.46. The molecule has 0 amide bonds. The first-order valence-electron chi connectivity index (χ1n) is 6.46. The summed E-state index contributed by atoms with van der Waals surface area (Å²) in [6.45, 7) is 4.10. The maximum Gasteiger partial charge on any atom is 0.306 e. The van der Waals surface area contributed by atoms with Crippen LogP contribution in [-0.2, 0) is 16.0 Å². The van der Waals surface area contributed by atoms with E-state index in [0.717, 1.165) is 6.42 Å². The number of nitrogens with zero attached hydrogens (tertiary/aromatic N) is 1. The summed E-state index contributed by atoms with van der Waals surface area (Å²) in [6.07, 6.45) is 1.60. The molecule has 5 heteroatoms. The summed E-state index contributed by atoms with van der Waals surface area (Å²) in [5.41, 5.74) is 0.786. The van der Waals surface area contributed by atoms with Gasteiger partial charge in [-0.2, -0.15) is 0 Å². The van der Waals surface area contributed by atoms with Gasteiger partial charge in [-0.25, -0.2) is 0 Å². The van der Waals surface area contributed by atoms with Crippen molar-refractivity contribution in [2.75, 3.05) is 6.61 Å². The van der Waals surface area contributed by atoms with Crippen LogP contribution in [0.4, 0.5) is 5.69 Å². The topological polar surface area (TPSA) is 69.4 Å². The lowest BCUT2D eigenvalue weighted by atomic mass is 9.93. The van der Waals surface area contributed by atoms with Crippen LogP contribution in [0.25, 0.3) is 0 Å². The number of ether oxygens (including phenoxy) is 1. The zero-order chi connectivity index (χ0) is 14.3. The Hall–Kier alpha value is -1.91. The van der Waals surface area contributed by atoms with E-state index in [-0.39, 0.29) is 22.5 Å². The highest BCUT2D eigenvalue weighted by molar-refractivity contribution is 5.69. The molecule has 0 saturated carbocycles. The van der Waals surface area contributed by atoms with E-state index in [2.05, 4.69) is 0 Å². The summed E-state index contributed by atoms with van der Waals surface area (Å²) in [4.78, 5) is 22.0. The van der Waals surface area contributed by atoms with Gasteiger partial charge in [0.1, 0.15) is 0 Å². The summed E-state index contributed by atoms with van der Waals surface area (Å²) in [7, 11) is 0. The Morgan fingerprint density at radius 1 is 1.37 bits per heavy atom. The first kappa shape index (κ1) is 15.1. The Bertz CT molecular complexity index is 445. The lowest BCUT2D eigenvalue weighted by Crippen LogP contribution is -2.13. The Morgan fingerprint density at radius 3 is 2.63 bits per heavy atom. The Balaban J connectivity index is 2.75. The van der Waals surface area contributed by atoms with Crippen molar-refractivity contribution in [3.05, 3.63) is 39.9 Å². The molecule has 0 aliphatic rings. The minimum atomic E-state index is -0.383. The smallest absolute Gasteiger partial charge is 0.306 e. The number of esters is 1. The van der Waals surface area contributed by atoms with E-state index < -0.39 is 0 Å². The van der Waals surface area contributed by atoms with Crippen LogP contribution in [-0.4, -0.2) is 17.5 Å². The number of rotatable bonds is 7. The second kappa shape index (κ2) is 7.51. The molecule has 0 heterocycles. The molecule has 0 aromatic heterocycles. The molecule has 1 aromatic carbocycles. The van der Waals surface area contributed by atoms with E-state index in [4.69, 9.17) is 4.74 Å². The van der Waals surface area contributed by atoms with Gasteiger partial charge < -0.3 is 4.74 Å². The lowest BCUT2D eigenvalue weighted by Gasteiger charge is -2.14. The molecule has 19 heavy (non-hydrogen) atoms. The summed E-state index contributed by atoms with van der Waals surface area (Å²) < 4.78 is 4.92. The van der Waals surface area contributed by atoms with Gasteiger partial charge in [-0.15, -0.1) is 0 Å². The van der Waals surface area contributed by atoms with Crippen molar-refractivity contribution in [2.45, 2.75) is 33.1 Å². The number of benzene rings is 1. The molecular formula is C14H19NO4. The number of carbonyl (C=O) groups is 1. The normalized spacial score (nSPS) is 11.9. The number of hydrogen-bond donors (Lipinski definition) is 0. The van der Waals surface area contributed by atoms with E-state index in [0.29, 0.717) is 25.0 Å². The predicted octanol–water partition coefficient (Wildman–Crippen LogP) is 3.12. The average molecular weight is 265 g/mol. The van der Waals surface area contributed by atoms with Crippen LogP contribution in [0.3, 0.4) is 0 Å². The van der Waals surface area contributed by atoms with Gasteiger partial charge >= 0.3 is 5.97 Å². The third kappa shape index (κ3) is 4.69. The van der Waals surface area contributed by atoms with Gasteiger partial charge in [0.05, 0.1) is 11.5 Å². The van der Waals surface area contributed by atoms with Gasteiger partial charge in [0.2, 0.25) is 0 Å². The Labute approximate surface area is 112 Å². The largest absolute Gasteiger partial charge is 0.466 e. The number of nitro benzene ring substituents is 1. The summed E-state index contributed by atoms with van der Waals surface area (Å²) >= 11 is 0. The molecule has 0 fully saturated rings. The van der Waals surface area contributed by atoms with Gasteiger partial charge in [0, 0.05) is 18.1 Å². The fourth-order valence-electron chi connectivity index (χ4n) is 1.99. The standard InChI is InChI=1S/C14H19NO4/c1-3-11(10-14(16)19-4-2)9-12-7-5-6-8-13(12)15(17)18/h5-8,11H,3-4,9-10H2,1-2H3. The molecule has 0 saturated heterocycles. The molecule has 5 nitrogen and oxygen atoms in total. The molecule has 0 aliphatic heterocycles. The lowest BCUT2D eigenvalue weighted by molar-refractivity contribution is -0.385. The van der Waals surface area contributed by atoms with E-state index in [1.165, 1.54) is 6.07 Å². The minimum Gasteiger partial charge on any atom is -0.466 e. The molecule has 1 rings (SSSR count). The van der Waals surface area contributed by atoms with Crippen LogP contribution in [0.1, 0.15) is 32.3 Å². The van der Waals surface area contributed by atoms with Crippen molar-refractivity contribution in [1.29, 1.82) is 0 Å². The minimum absolute atomic E-state index is 0.0696. The van der Waals surface area contributed by atoms with Gasteiger partial charge in [0.15, 0.2) is 0 Å². The summed E-state index contributed by atoms with van der Waals surface area (Å²) in [6, 6.07) is 6.66. The van der Waals surface area contributed by atoms with E-state index in [1.807, 2.05) is 6.92 Å². The molecule has 0 N–H and O–H groups in total. The molecule has 0 radical (unpaired) electrons. The van der Waals surface area contributed by atoms with Crippen LogP contribution < -0.4 is 0 Å². The van der Waals surface area contributed by atoms with E-state index in [9.17, 15) is 14.9 Å². The second-order valence-electron chi connectivity index (χ2n) is 4.37. The van der Waals surface area contributed by atoms with Gasteiger partial charge in [-0.3, -0.25) is 14.9 Å². The van der Waals surface area contributed by atoms with Gasteiger partial charge in [0.25, 0.3) is 5.69 Å². The molecule has 0 bridgehead atoms. The molecule has 1 unspecified atom stereocenters. The number of hydrogen-bond acceptors (Lipinski definition) is 4. The summed E-state index contributed by atoms with van der Waals surface area (Å²) in [5, 5.41) is 10.9. The molecule has 1 aromatic rings. The Kier molecular flexibility index (Phi) is 5.99. The third-order valence-electron chi connectivity index (χ3n) is 3.03. The van der Waals surface area contributed by atoms with Crippen LogP contribution in [0, 0.1) is 16.0 Å². The van der Waals surface area contributed by atoms with Crippen LogP contribution in [0.15, 0.2) is 24.3 Å². The molecule has 0 spiro atoms. The zero-order valence-corrected chi connectivity index (χ0v) is 11.3. The molecular weight excluding hydrogens is 246 g/mol. The highest BCUT2D eigenvalue weighted by Crippen LogP contribution is 2.24. The fourth-order valence-corrected chi connectivity index (χ4v) is 1.99. The monoisotopic (exact) mass is 265 g/mol. The predicted molar refractivity (Wildman–Crippen MR) is 71.8 cm³/mol. The fraction of sp³-hybridized carbons (Fsp3) is 0.500. The van der Waals surface area contributed by atoms with Crippen molar-refractivity contribution >= 4 is 11.7 Å². The molecule has 0 aliphatic carbocycles. The maximum absolute atomic E-state index is 11.5. The quantitative estimate of drug-likeness (QED) is 0.431. The van der Waals surface area contributed by atoms with Crippen LogP contribution in [0.5, 0.6) is 0 Å². The number of carbonyl (C=O) groups excluding carboxylic acids is 1. The maximum atomic E-state index is 11.5. The highest BCUT2D eigenvalue weighted by atomic mass is 16.6. The van der Waals surface area contributed by atoms with Crippen LogP contribution in [0.2, 0.25) is 0 Å². The Morgan fingerprint density at radius 2 is 2.05 bits per heavy atom. The second-order valence-corrected chi connectivity index (χ2v) is 4.37. The van der Waals surface area contributed by atoms with Gasteiger partial charge in [-0.1, -0.05) is 31.5 Å². The van der Waals surface area contributed by atoms with E-state index >= 15 is 0 Å². The number of para-hydroxylation sites is 1. The van der Waals surface area contributed by atoms with Crippen LogP contribution >= 0.6 is 0 Å². The van der Waals surface area contributed by atoms with Crippen molar-refractivity contribution in [2.24, 2.45) is 5.92 Å². The summed E-state index contributed by atoms with van der Waals surface area (Å²) in [5.74, 6) is -0.173. The number of nitro groups is 1. The van der Waals surface area contributed by atoms with E-state index in [1.54, 1.807) is 25.1 Å². The highest BCUT2D eigenvalue weighted by Gasteiger charge is 2.19. The zero-order valence-electron chi connectivity index (χ0n) is 11.3. The first-order chi connectivity index (χ1) is 9.08.